The molecular formula is C17H19N5O. The summed E-state index contributed by atoms with van der Waals surface area (Å²) in [5.41, 5.74) is 3.84. The van der Waals surface area contributed by atoms with Gasteiger partial charge in [-0.2, -0.15) is 0 Å². The van der Waals surface area contributed by atoms with Gasteiger partial charge in [-0.15, -0.1) is 0 Å². The van der Waals surface area contributed by atoms with Gasteiger partial charge in [0.15, 0.2) is 5.65 Å². The first-order valence-corrected chi connectivity index (χ1v) is 7.52. The molecule has 1 aromatic carbocycles. The molecule has 0 aliphatic heterocycles. The van der Waals surface area contributed by atoms with Gasteiger partial charge in [0, 0.05) is 38.0 Å². The van der Waals surface area contributed by atoms with Crippen molar-refractivity contribution in [3.63, 3.8) is 0 Å². The van der Waals surface area contributed by atoms with E-state index in [0.29, 0.717) is 13.0 Å². The minimum Gasteiger partial charge on any atom is -0.369 e. The van der Waals surface area contributed by atoms with E-state index >= 15 is 0 Å². The number of fused-ring (bicyclic) bond motifs is 1. The molecule has 0 fully saturated rings. The number of hydrogen-bond donors (Lipinski definition) is 2. The van der Waals surface area contributed by atoms with E-state index in [1.54, 1.807) is 19.4 Å². The Morgan fingerprint density at radius 1 is 1.35 bits per heavy atom. The summed E-state index contributed by atoms with van der Waals surface area (Å²) in [5.74, 6) is 0.877. The van der Waals surface area contributed by atoms with E-state index < -0.39 is 0 Å². The number of anilines is 1. The lowest BCUT2D eigenvalue weighted by Crippen LogP contribution is -2.21. The minimum absolute atomic E-state index is 0.00472. The summed E-state index contributed by atoms with van der Waals surface area (Å²) in [7, 11) is 1.64. The molecule has 2 aromatic heterocycles. The Bertz CT molecular complexity index is 840. The number of carbonyl (C=O) groups excluding carboxylic acids is 1. The molecular weight excluding hydrogens is 290 g/mol. The topological polar surface area (TPSA) is 71.3 Å². The fraction of sp³-hybridized carbons (Fsp3) is 0.235. The number of carbonyl (C=O) groups is 1. The molecule has 0 radical (unpaired) electrons. The maximum atomic E-state index is 11.4. The van der Waals surface area contributed by atoms with E-state index in [2.05, 4.69) is 39.7 Å². The van der Waals surface area contributed by atoms with Crippen LogP contribution in [0.15, 0.2) is 42.9 Å². The molecule has 23 heavy (non-hydrogen) atoms. The number of nitrogens with one attached hydrogen (secondary N) is 2. The first-order valence-electron chi connectivity index (χ1n) is 7.52. The molecule has 0 aliphatic carbocycles. The molecule has 3 aromatic rings. The molecule has 0 saturated carbocycles. The highest BCUT2D eigenvalue weighted by atomic mass is 16.1. The Hall–Kier alpha value is -2.89. The van der Waals surface area contributed by atoms with Crippen molar-refractivity contribution in [1.29, 1.82) is 0 Å². The normalized spacial score (nSPS) is 10.7. The van der Waals surface area contributed by atoms with Gasteiger partial charge in [0.25, 0.3) is 0 Å². The number of benzene rings is 1. The first kappa shape index (κ1) is 15.0. The van der Waals surface area contributed by atoms with E-state index in [9.17, 15) is 4.79 Å². The third-order valence-electron chi connectivity index (χ3n) is 3.65. The van der Waals surface area contributed by atoms with Crippen LogP contribution in [-0.4, -0.2) is 33.9 Å². The molecule has 1 amide bonds. The van der Waals surface area contributed by atoms with Crippen LogP contribution in [-0.2, 0) is 4.79 Å². The Morgan fingerprint density at radius 2 is 2.22 bits per heavy atom. The molecule has 118 valence electrons. The van der Waals surface area contributed by atoms with Crippen LogP contribution in [0.1, 0.15) is 12.0 Å². The van der Waals surface area contributed by atoms with Crippen molar-refractivity contribution in [2.24, 2.45) is 0 Å². The molecule has 2 N–H and O–H groups in total. The number of imidazole rings is 1. The second-order valence-corrected chi connectivity index (χ2v) is 5.33. The van der Waals surface area contributed by atoms with Crippen molar-refractivity contribution in [1.82, 2.24) is 19.7 Å². The maximum absolute atomic E-state index is 11.4. The number of nitrogens with zero attached hydrogens (tertiary/aromatic N) is 3. The molecule has 0 saturated heterocycles. The predicted molar refractivity (Wildman–Crippen MR) is 90.3 cm³/mol. The average molecular weight is 309 g/mol. The van der Waals surface area contributed by atoms with Crippen molar-refractivity contribution in [3.05, 3.63) is 48.4 Å². The minimum atomic E-state index is 0.00472. The lowest BCUT2D eigenvalue weighted by atomic mass is 10.1. The number of hydrogen-bond acceptors (Lipinski definition) is 4. The molecule has 3 rings (SSSR count). The van der Waals surface area contributed by atoms with Gasteiger partial charge in [0.2, 0.25) is 5.91 Å². The molecule has 0 unspecified atom stereocenters. The first-order chi connectivity index (χ1) is 11.2. The summed E-state index contributed by atoms with van der Waals surface area (Å²) in [6.45, 7) is 2.59. The van der Waals surface area contributed by atoms with Crippen LogP contribution < -0.4 is 10.6 Å². The highest BCUT2D eigenvalue weighted by molar-refractivity contribution is 5.78. The molecule has 6 nitrogen and oxygen atoms in total. The van der Waals surface area contributed by atoms with Crippen LogP contribution in [0.2, 0.25) is 0 Å². The summed E-state index contributed by atoms with van der Waals surface area (Å²) < 4.78 is 1.95. The quantitative estimate of drug-likeness (QED) is 0.758. The highest BCUT2D eigenvalue weighted by Crippen LogP contribution is 2.28. The summed E-state index contributed by atoms with van der Waals surface area (Å²) in [6.07, 6.45) is 5.72. The smallest absolute Gasteiger partial charge is 0.221 e. The zero-order chi connectivity index (χ0) is 16.2. The van der Waals surface area contributed by atoms with Gasteiger partial charge in [-0.05, 0) is 13.0 Å². The van der Waals surface area contributed by atoms with Crippen LogP contribution in [0.5, 0.6) is 0 Å². The van der Waals surface area contributed by atoms with Crippen LogP contribution in [0, 0.1) is 6.92 Å². The molecule has 0 spiro atoms. The molecule has 6 heteroatoms. The van der Waals surface area contributed by atoms with E-state index in [1.165, 1.54) is 5.56 Å². The van der Waals surface area contributed by atoms with E-state index in [-0.39, 0.29) is 5.91 Å². The molecule has 0 atom stereocenters. The van der Waals surface area contributed by atoms with Gasteiger partial charge in [-0.1, -0.05) is 23.8 Å². The summed E-state index contributed by atoms with van der Waals surface area (Å²) >= 11 is 0. The summed E-state index contributed by atoms with van der Waals surface area (Å²) in [6, 6.07) is 8.20. The third-order valence-corrected chi connectivity index (χ3v) is 3.65. The number of aryl methyl sites for hydroxylation is 1. The Morgan fingerprint density at radius 3 is 3.00 bits per heavy atom. The van der Waals surface area contributed by atoms with Crippen molar-refractivity contribution < 1.29 is 4.79 Å². The summed E-state index contributed by atoms with van der Waals surface area (Å²) in [4.78, 5) is 20.2. The fourth-order valence-electron chi connectivity index (χ4n) is 2.49. The monoisotopic (exact) mass is 309 g/mol. The summed E-state index contributed by atoms with van der Waals surface area (Å²) in [5, 5.41) is 5.96. The van der Waals surface area contributed by atoms with Crippen molar-refractivity contribution in [3.8, 4) is 11.3 Å². The van der Waals surface area contributed by atoms with E-state index in [4.69, 9.17) is 0 Å². The number of amides is 1. The fourth-order valence-corrected chi connectivity index (χ4v) is 2.49. The van der Waals surface area contributed by atoms with Crippen molar-refractivity contribution >= 4 is 17.4 Å². The zero-order valence-corrected chi connectivity index (χ0v) is 13.2. The van der Waals surface area contributed by atoms with Gasteiger partial charge in [-0.3, -0.25) is 14.2 Å². The highest BCUT2D eigenvalue weighted by Gasteiger charge is 2.14. The second kappa shape index (κ2) is 6.48. The standard InChI is InChI=1S/C17H19N5O/c1-12-4-3-5-13(10-12)16-17(20-7-6-15(23)18-2)22-9-8-19-11-14(22)21-16/h3-5,8-11,20H,6-7H2,1-2H3,(H,18,23). The van der Waals surface area contributed by atoms with Crippen molar-refractivity contribution in [2.45, 2.75) is 13.3 Å². The maximum Gasteiger partial charge on any atom is 0.221 e. The van der Waals surface area contributed by atoms with Gasteiger partial charge in [0.1, 0.15) is 11.5 Å². The average Bonchev–Trinajstić information content (AvgIpc) is 2.93. The molecule has 2 heterocycles. The Balaban J connectivity index is 1.99. The predicted octanol–water partition coefficient (Wildman–Crippen LogP) is 2.25. The van der Waals surface area contributed by atoms with Crippen LogP contribution in [0.25, 0.3) is 16.9 Å². The van der Waals surface area contributed by atoms with Crippen LogP contribution in [0.4, 0.5) is 5.82 Å². The number of rotatable bonds is 5. The Labute approximate surface area is 134 Å². The van der Waals surface area contributed by atoms with Crippen LogP contribution >= 0.6 is 0 Å². The van der Waals surface area contributed by atoms with Gasteiger partial charge >= 0.3 is 0 Å². The largest absolute Gasteiger partial charge is 0.369 e. The lowest BCUT2D eigenvalue weighted by Gasteiger charge is -2.08. The molecule has 0 bridgehead atoms. The van der Waals surface area contributed by atoms with Gasteiger partial charge < -0.3 is 10.6 Å². The number of aromatic nitrogens is 3. The van der Waals surface area contributed by atoms with Gasteiger partial charge in [0.05, 0.1) is 6.20 Å². The van der Waals surface area contributed by atoms with Gasteiger partial charge in [-0.25, -0.2) is 4.98 Å². The lowest BCUT2D eigenvalue weighted by molar-refractivity contribution is -0.120. The second-order valence-electron chi connectivity index (χ2n) is 5.33. The SMILES string of the molecule is CNC(=O)CCNc1c(-c2cccc(C)c2)nc2cnccn12. The third kappa shape index (κ3) is 3.15. The molecule has 0 aliphatic rings. The Kier molecular flexibility index (Phi) is 4.23. The zero-order valence-electron chi connectivity index (χ0n) is 13.2. The van der Waals surface area contributed by atoms with E-state index in [0.717, 1.165) is 22.7 Å². The van der Waals surface area contributed by atoms with E-state index in [1.807, 2.05) is 22.7 Å². The van der Waals surface area contributed by atoms with Crippen LogP contribution in [0.3, 0.4) is 0 Å². The van der Waals surface area contributed by atoms with Crippen molar-refractivity contribution in [2.75, 3.05) is 18.9 Å².